The number of benzene rings is 4. The number of amides is 2. The van der Waals surface area contributed by atoms with Crippen LogP contribution in [0, 0.1) is 6.92 Å². The van der Waals surface area contributed by atoms with Crippen LogP contribution in [-0.4, -0.2) is 27.9 Å². The lowest BCUT2D eigenvalue weighted by molar-refractivity contribution is 0.0986. The normalized spacial score (nSPS) is 12.3. The Balaban J connectivity index is 1.24. The molecule has 4 aromatic carbocycles. The zero-order chi connectivity index (χ0) is 26.9. The van der Waals surface area contributed by atoms with Gasteiger partial charge >= 0.3 is 0 Å². The molecule has 0 fully saturated rings. The van der Waals surface area contributed by atoms with Gasteiger partial charge in [0.15, 0.2) is 0 Å². The number of fused-ring (bicyclic) bond motifs is 3. The largest absolute Gasteiger partial charge is 0.331 e. The fraction of sp³-hybridized carbons (Fsp3) is 0.121. The summed E-state index contributed by atoms with van der Waals surface area (Å²) >= 11 is 0. The number of hydrogen-bond donors (Lipinski definition) is 1. The smallest absolute Gasteiger partial charge is 0.258 e. The molecule has 1 aromatic heterocycles. The Bertz CT molecular complexity index is 1690. The van der Waals surface area contributed by atoms with Crippen LogP contribution in [0.15, 0.2) is 103 Å². The number of nitrogens with zero attached hydrogens (tertiary/aromatic N) is 3. The maximum atomic E-state index is 13.7. The highest BCUT2D eigenvalue weighted by Gasteiger charge is 2.28. The molecule has 2 heterocycles. The molecule has 39 heavy (non-hydrogen) atoms. The van der Waals surface area contributed by atoms with E-state index in [0.29, 0.717) is 29.8 Å². The van der Waals surface area contributed by atoms with E-state index in [1.807, 2.05) is 97.7 Å². The van der Waals surface area contributed by atoms with Crippen molar-refractivity contribution in [2.24, 2.45) is 7.05 Å². The number of aryl methyl sites for hydroxylation is 1. The lowest BCUT2D eigenvalue weighted by atomic mass is 9.99. The van der Waals surface area contributed by atoms with Crippen molar-refractivity contribution in [2.45, 2.75) is 13.3 Å². The Morgan fingerprint density at radius 2 is 1.46 bits per heavy atom. The third-order valence-electron chi connectivity index (χ3n) is 7.30. The minimum absolute atomic E-state index is 0.0840. The molecule has 5 aromatic rings. The van der Waals surface area contributed by atoms with Gasteiger partial charge in [0.25, 0.3) is 11.8 Å². The molecule has 2 amide bonds. The SMILES string of the molecule is Cc1nc2c(n1C)-c1ccccc1N(C(=O)c1ccc(NC(=O)c3ccccc3-c3ccccc3)cc1)CC2. The van der Waals surface area contributed by atoms with Gasteiger partial charge in [-0.15, -0.1) is 0 Å². The number of nitrogens with one attached hydrogen (secondary N) is 1. The minimum atomic E-state index is -0.199. The third kappa shape index (κ3) is 4.50. The molecule has 0 saturated heterocycles. The number of carbonyl (C=O) groups is 2. The standard InChI is InChI=1S/C33H28N4O2/c1-22-34-29-20-21-37(30-15-9-8-14-28(30)31(29)36(22)2)33(39)24-16-18-25(19-17-24)35-32(38)27-13-7-6-12-26(27)23-10-4-3-5-11-23/h3-19H,20-21H2,1-2H3,(H,35,38). The van der Waals surface area contributed by atoms with Crippen molar-refractivity contribution in [3.63, 3.8) is 0 Å². The molecular formula is C33H28N4O2. The van der Waals surface area contributed by atoms with Crippen molar-refractivity contribution in [3.8, 4) is 22.4 Å². The Morgan fingerprint density at radius 1 is 0.795 bits per heavy atom. The van der Waals surface area contributed by atoms with E-state index >= 15 is 0 Å². The molecule has 1 aliphatic rings. The fourth-order valence-corrected chi connectivity index (χ4v) is 5.25. The quantitative estimate of drug-likeness (QED) is 0.298. The first-order valence-electron chi connectivity index (χ1n) is 13.0. The Morgan fingerprint density at radius 3 is 2.23 bits per heavy atom. The first kappa shape index (κ1) is 24.4. The summed E-state index contributed by atoms with van der Waals surface area (Å²) in [5, 5.41) is 2.98. The van der Waals surface area contributed by atoms with Crippen LogP contribution >= 0.6 is 0 Å². The van der Waals surface area contributed by atoms with Crippen molar-refractivity contribution in [2.75, 3.05) is 16.8 Å². The molecule has 1 aliphatic heterocycles. The first-order valence-corrected chi connectivity index (χ1v) is 13.0. The van der Waals surface area contributed by atoms with Crippen molar-refractivity contribution >= 4 is 23.2 Å². The Kier molecular flexibility index (Phi) is 6.29. The van der Waals surface area contributed by atoms with Gasteiger partial charge in [-0.05, 0) is 54.4 Å². The molecule has 6 rings (SSSR count). The zero-order valence-electron chi connectivity index (χ0n) is 21.9. The predicted octanol–water partition coefficient (Wildman–Crippen LogP) is 6.52. The van der Waals surface area contributed by atoms with Crippen LogP contribution < -0.4 is 10.2 Å². The minimum Gasteiger partial charge on any atom is -0.331 e. The summed E-state index contributed by atoms with van der Waals surface area (Å²) in [6.07, 6.45) is 0.673. The van der Waals surface area contributed by atoms with E-state index in [4.69, 9.17) is 4.98 Å². The average molecular weight is 513 g/mol. The first-order chi connectivity index (χ1) is 19.0. The van der Waals surface area contributed by atoms with E-state index in [1.54, 1.807) is 24.3 Å². The highest BCUT2D eigenvalue weighted by Crippen LogP contribution is 2.37. The van der Waals surface area contributed by atoms with Crippen LogP contribution in [0.25, 0.3) is 22.4 Å². The summed E-state index contributed by atoms with van der Waals surface area (Å²) in [5.74, 6) is 0.674. The number of hydrogen-bond acceptors (Lipinski definition) is 3. The van der Waals surface area contributed by atoms with Gasteiger partial charge in [0.05, 0.1) is 17.1 Å². The van der Waals surface area contributed by atoms with Gasteiger partial charge in [-0.2, -0.15) is 0 Å². The number of rotatable bonds is 4. The van der Waals surface area contributed by atoms with Crippen molar-refractivity contribution in [3.05, 3.63) is 126 Å². The van der Waals surface area contributed by atoms with Crippen molar-refractivity contribution < 1.29 is 9.59 Å². The summed E-state index contributed by atoms with van der Waals surface area (Å²) in [6.45, 7) is 2.54. The number of anilines is 2. The van der Waals surface area contributed by atoms with Crippen molar-refractivity contribution in [1.29, 1.82) is 0 Å². The third-order valence-corrected chi connectivity index (χ3v) is 7.30. The number of para-hydroxylation sites is 1. The van der Waals surface area contributed by atoms with Crippen LogP contribution in [0.3, 0.4) is 0 Å². The molecule has 6 heteroatoms. The molecule has 0 spiro atoms. The molecule has 0 atom stereocenters. The zero-order valence-corrected chi connectivity index (χ0v) is 21.9. The van der Waals surface area contributed by atoms with Crippen LogP contribution in [0.4, 0.5) is 11.4 Å². The van der Waals surface area contributed by atoms with Crippen LogP contribution in [-0.2, 0) is 13.5 Å². The summed E-state index contributed by atoms with van der Waals surface area (Å²) in [4.78, 5) is 33.5. The topological polar surface area (TPSA) is 67.2 Å². The summed E-state index contributed by atoms with van der Waals surface area (Å²) in [5.41, 5.74) is 7.57. The maximum absolute atomic E-state index is 13.7. The molecule has 1 N–H and O–H groups in total. The highest BCUT2D eigenvalue weighted by atomic mass is 16.2. The fourth-order valence-electron chi connectivity index (χ4n) is 5.25. The molecule has 0 radical (unpaired) electrons. The second kappa shape index (κ2) is 10.1. The predicted molar refractivity (Wildman–Crippen MR) is 155 cm³/mol. The summed E-state index contributed by atoms with van der Waals surface area (Å²) in [6, 6.07) is 32.5. The Hall–Kier alpha value is -4.97. The molecule has 6 nitrogen and oxygen atoms in total. The molecular weight excluding hydrogens is 484 g/mol. The van der Waals surface area contributed by atoms with E-state index in [-0.39, 0.29) is 11.8 Å². The van der Waals surface area contributed by atoms with Gasteiger partial charge in [-0.25, -0.2) is 4.98 Å². The lowest BCUT2D eigenvalue weighted by Crippen LogP contribution is -2.32. The van der Waals surface area contributed by atoms with Crippen LogP contribution in [0.1, 0.15) is 32.2 Å². The van der Waals surface area contributed by atoms with Gasteiger partial charge in [-0.1, -0.05) is 66.7 Å². The molecule has 0 saturated carbocycles. The van der Waals surface area contributed by atoms with Gasteiger partial charge in [0.2, 0.25) is 0 Å². The number of carbonyl (C=O) groups excluding carboxylic acids is 2. The molecule has 0 aliphatic carbocycles. The van der Waals surface area contributed by atoms with Crippen LogP contribution in [0.2, 0.25) is 0 Å². The highest BCUT2D eigenvalue weighted by molar-refractivity contribution is 6.10. The van der Waals surface area contributed by atoms with Gasteiger partial charge in [-0.3, -0.25) is 9.59 Å². The van der Waals surface area contributed by atoms with Crippen molar-refractivity contribution in [1.82, 2.24) is 9.55 Å². The maximum Gasteiger partial charge on any atom is 0.258 e. The van der Waals surface area contributed by atoms with Gasteiger partial charge in [0.1, 0.15) is 5.82 Å². The monoisotopic (exact) mass is 512 g/mol. The number of aromatic nitrogens is 2. The molecule has 192 valence electrons. The summed E-state index contributed by atoms with van der Waals surface area (Å²) < 4.78 is 2.09. The van der Waals surface area contributed by atoms with E-state index in [2.05, 4.69) is 9.88 Å². The van der Waals surface area contributed by atoms with E-state index in [9.17, 15) is 9.59 Å². The number of imidazole rings is 1. The molecule has 0 bridgehead atoms. The second-order valence-electron chi connectivity index (χ2n) is 9.68. The van der Waals surface area contributed by atoms with Gasteiger partial charge in [0, 0.05) is 42.4 Å². The van der Waals surface area contributed by atoms with Gasteiger partial charge < -0.3 is 14.8 Å². The average Bonchev–Trinajstić information content (AvgIpc) is 3.16. The lowest BCUT2D eigenvalue weighted by Gasteiger charge is -2.23. The van der Waals surface area contributed by atoms with Crippen LogP contribution in [0.5, 0.6) is 0 Å². The second-order valence-corrected chi connectivity index (χ2v) is 9.68. The summed E-state index contributed by atoms with van der Waals surface area (Å²) in [7, 11) is 2.01. The van der Waals surface area contributed by atoms with E-state index in [1.165, 1.54) is 0 Å². The molecule has 0 unspecified atom stereocenters. The van der Waals surface area contributed by atoms with E-state index in [0.717, 1.165) is 39.6 Å². The van der Waals surface area contributed by atoms with E-state index < -0.39 is 0 Å². The Labute approximate surface area is 227 Å².